The molecule has 9 heteroatoms. The van der Waals surface area contributed by atoms with E-state index in [1.165, 1.54) is 18.2 Å². The van der Waals surface area contributed by atoms with Crippen LogP contribution in [0.5, 0.6) is 0 Å². The average molecular weight is 477 g/mol. The van der Waals surface area contributed by atoms with Gasteiger partial charge in [0.1, 0.15) is 0 Å². The molecule has 1 aliphatic rings. The number of halogens is 8. The smallest absolute Gasteiger partial charge is 0.432 e. The first-order valence-corrected chi connectivity index (χ1v) is 9.69. The van der Waals surface area contributed by atoms with Crippen molar-refractivity contribution >= 4 is 39.5 Å². The van der Waals surface area contributed by atoms with Gasteiger partial charge in [0.15, 0.2) is 5.82 Å². The van der Waals surface area contributed by atoms with Gasteiger partial charge in [-0.2, -0.15) is 13.2 Å². The predicted octanol–water partition coefficient (Wildman–Crippen LogP) is 8.44. The lowest BCUT2D eigenvalue weighted by molar-refractivity contribution is -0.260. The van der Waals surface area contributed by atoms with Gasteiger partial charge in [-0.05, 0) is 34.0 Å². The average Bonchev–Trinajstić information content (AvgIpc) is 3.17. The lowest BCUT2D eigenvalue weighted by atomic mass is 9.84. The molecule has 4 rings (SSSR count). The third-order valence-electron chi connectivity index (χ3n) is 5.29. The molecule has 0 fully saturated rings. The highest BCUT2D eigenvalue weighted by molar-refractivity contribution is 6.35. The minimum Gasteiger partial charge on any atom is -0.480 e. The van der Waals surface area contributed by atoms with E-state index in [9.17, 15) is 26.3 Å². The molecule has 0 spiro atoms. The van der Waals surface area contributed by atoms with Gasteiger partial charge < -0.3 is 4.74 Å². The topological polar surface area (TPSA) is 9.23 Å². The second kappa shape index (κ2) is 7.64. The fraction of sp³-hybridized carbons (Fsp3) is 0.182. The number of hydrogen-bond donors (Lipinski definition) is 0. The number of alkyl halides is 5. The normalized spacial score (nSPS) is 19.1. The number of rotatable bonds is 3. The Bertz CT molecular complexity index is 1180. The Balaban J connectivity index is 1.84. The molecule has 0 bridgehead atoms. The van der Waals surface area contributed by atoms with Crippen molar-refractivity contribution in [3.8, 4) is 0 Å². The van der Waals surface area contributed by atoms with E-state index in [1.54, 1.807) is 18.2 Å². The highest BCUT2D eigenvalue weighted by Crippen LogP contribution is 2.53. The molecular weight excluding hydrogens is 465 g/mol. The Morgan fingerprint density at radius 2 is 1.55 bits per heavy atom. The van der Waals surface area contributed by atoms with Crippen molar-refractivity contribution in [1.82, 2.24) is 0 Å². The Labute approximate surface area is 182 Å². The van der Waals surface area contributed by atoms with Gasteiger partial charge in [-0.15, -0.1) is 0 Å². The first kappa shape index (κ1) is 21.8. The van der Waals surface area contributed by atoms with Crippen LogP contribution in [-0.4, -0.2) is 6.18 Å². The molecule has 0 saturated carbocycles. The molecular formula is C22H12Cl2F6O. The van der Waals surface area contributed by atoms with Crippen molar-refractivity contribution in [2.45, 2.75) is 24.6 Å². The van der Waals surface area contributed by atoms with Crippen molar-refractivity contribution in [3.05, 3.63) is 87.3 Å². The standard InChI is InChI=1S/C22H12Cl2F6O/c23-17-7-12(8-18(24)19(17)25)21(22(28,29)30)9-11(10-31-21)13-5-6-16(20(26)27)15-4-2-1-3-14(13)15/h1-8,10,20H,9H2. The molecule has 1 heterocycles. The van der Waals surface area contributed by atoms with E-state index in [2.05, 4.69) is 0 Å². The van der Waals surface area contributed by atoms with E-state index in [0.717, 1.165) is 18.4 Å². The minimum absolute atomic E-state index is 0.144. The Morgan fingerprint density at radius 1 is 0.935 bits per heavy atom. The zero-order valence-electron chi connectivity index (χ0n) is 15.4. The largest absolute Gasteiger partial charge is 0.480 e. The van der Waals surface area contributed by atoms with Crippen LogP contribution in [0.3, 0.4) is 0 Å². The summed E-state index contributed by atoms with van der Waals surface area (Å²) in [7, 11) is 0. The number of hydrogen-bond acceptors (Lipinski definition) is 1. The summed E-state index contributed by atoms with van der Waals surface area (Å²) >= 11 is 11.4. The van der Waals surface area contributed by atoms with Gasteiger partial charge in [-0.25, -0.2) is 13.2 Å². The van der Waals surface area contributed by atoms with E-state index in [-0.39, 0.29) is 16.5 Å². The molecule has 1 nitrogen and oxygen atoms in total. The van der Waals surface area contributed by atoms with Gasteiger partial charge in [-0.3, -0.25) is 0 Å². The maximum absolute atomic E-state index is 14.2. The SMILES string of the molecule is Fc1c(Cl)cc(C2(C(F)(F)F)CC(c3ccc(C(F)F)c4ccccc34)=CO2)cc1Cl. The summed E-state index contributed by atoms with van der Waals surface area (Å²) in [4.78, 5) is 0. The Hall–Kier alpha value is -2.38. The zero-order chi connectivity index (χ0) is 22.6. The predicted molar refractivity (Wildman–Crippen MR) is 107 cm³/mol. The molecule has 162 valence electrons. The number of fused-ring (bicyclic) bond motifs is 1. The molecule has 1 aliphatic heterocycles. The van der Waals surface area contributed by atoms with E-state index < -0.39 is 46.0 Å². The van der Waals surface area contributed by atoms with Crippen molar-refractivity contribution in [2.75, 3.05) is 0 Å². The van der Waals surface area contributed by atoms with Crippen LogP contribution in [0.15, 0.2) is 54.8 Å². The summed E-state index contributed by atoms with van der Waals surface area (Å²) in [6.07, 6.45) is -7.38. The Kier molecular flexibility index (Phi) is 5.38. The van der Waals surface area contributed by atoms with Gasteiger partial charge in [0.05, 0.1) is 16.3 Å². The maximum Gasteiger partial charge on any atom is 0.432 e. The molecule has 0 N–H and O–H groups in total. The van der Waals surface area contributed by atoms with Gasteiger partial charge in [0, 0.05) is 17.5 Å². The molecule has 1 unspecified atom stereocenters. The van der Waals surface area contributed by atoms with Gasteiger partial charge in [0.25, 0.3) is 6.43 Å². The van der Waals surface area contributed by atoms with E-state index in [0.29, 0.717) is 10.9 Å². The van der Waals surface area contributed by atoms with Crippen LogP contribution in [0.2, 0.25) is 10.0 Å². The fourth-order valence-corrected chi connectivity index (χ4v) is 4.25. The highest BCUT2D eigenvalue weighted by atomic mass is 35.5. The summed E-state index contributed by atoms with van der Waals surface area (Å²) in [5, 5.41) is -0.554. The summed E-state index contributed by atoms with van der Waals surface area (Å²) in [5.74, 6) is -1.04. The van der Waals surface area contributed by atoms with Crippen LogP contribution in [0.25, 0.3) is 16.3 Å². The van der Waals surface area contributed by atoms with Crippen molar-refractivity contribution in [2.24, 2.45) is 0 Å². The first-order chi connectivity index (χ1) is 14.5. The summed E-state index contributed by atoms with van der Waals surface area (Å²) in [6.45, 7) is 0. The molecule has 3 aromatic carbocycles. The van der Waals surface area contributed by atoms with Crippen LogP contribution in [-0.2, 0) is 10.3 Å². The second-order valence-corrected chi connectivity index (χ2v) is 7.88. The molecule has 3 aromatic rings. The maximum atomic E-state index is 14.2. The lowest BCUT2D eigenvalue weighted by Crippen LogP contribution is -2.42. The van der Waals surface area contributed by atoms with Gasteiger partial charge in [-0.1, -0.05) is 59.6 Å². The first-order valence-electron chi connectivity index (χ1n) is 8.94. The molecule has 0 saturated heterocycles. The molecule has 0 aliphatic carbocycles. The third-order valence-corrected chi connectivity index (χ3v) is 5.84. The van der Waals surface area contributed by atoms with Crippen LogP contribution >= 0.6 is 23.2 Å². The molecule has 31 heavy (non-hydrogen) atoms. The van der Waals surface area contributed by atoms with E-state index in [4.69, 9.17) is 27.9 Å². The third kappa shape index (κ3) is 3.53. The van der Waals surface area contributed by atoms with E-state index in [1.807, 2.05) is 0 Å². The summed E-state index contributed by atoms with van der Waals surface area (Å²) in [5.41, 5.74) is -3.07. The van der Waals surface area contributed by atoms with Gasteiger partial charge >= 0.3 is 6.18 Å². The molecule has 0 radical (unpaired) electrons. The van der Waals surface area contributed by atoms with Crippen LogP contribution in [0.1, 0.15) is 29.5 Å². The molecule has 1 atom stereocenters. The van der Waals surface area contributed by atoms with Crippen molar-refractivity contribution < 1.29 is 31.1 Å². The number of benzene rings is 3. The zero-order valence-corrected chi connectivity index (χ0v) is 16.9. The molecule has 0 aromatic heterocycles. The van der Waals surface area contributed by atoms with E-state index >= 15 is 0 Å². The van der Waals surface area contributed by atoms with Crippen LogP contribution < -0.4 is 0 Å². The van der Waals surface area contributed by atoms with Crippen LogP contribution in [0, 0.1) is 5.82 Å². The highest BCUT2D eigenvalue weighted by Gasteiger charge is 2.60. The monoisotopic (exact) mass is 476 g/mol. The van der Waals surface area contributed by atoms with Crippen molar-refractivity contribution in [3.63, 3.8) is 0 Å². The quantitative estimate of drug-likeness (QED) is 0.272. The Morgan fingerprint density at radius 3 is 2.13 bits per heavy atom. The molecule has 0 amide bonds. The summed E-state index contributed by atoms with van der Waals surface area (Å²) < 4.78 is 88.3. The fourth-order valence-electron chi connectivity index (χ4n) is 3.76. The summed E-state index contributed by atoms with van der Waals surface area (Å²) in [6, 6.07) is 10.4. The van der Waals surface area contributed by atoms with Gasteiger partial charge in [0.2, 0.25) is 5.60 Å². The second-order valence-electron chi connectivity index (χ2n) is 7.06. The number of ether oxygens (including phenoxy) is 1. The lowest BCUT2D eigenvalue weighted by Gasteiger charge is -2.32. The van der Waals surface area contributed by atoms with Crippen LogP contribution in [0.4, 0.5) is 26.3 Å². The minimum atomic E-state index is -4.91. The van der Waals surface area contributed by atoms with Crippen molar-refractivity contribution in [1.29, 1.82) is 0 Å².